The second-order valence-corrected chi connectivity index (χ2v) is 6.21. The summed E-state index contributed by atoms with van der Waals surface area (Å²) in [7, 11) is 0. The molecule has 2 aromatic carbocycles. The molecule has 1 saturated heterocycles. The lowest BCUT2D eigenvalue weighted by molar-refractivity contribution is -0.285. The van der Waals surface area contributed by atoms with Gasteiger partial charge in [0, 0.05) is 0 Å². The largest absolute Gasteiger partial charge is 0.452 e. The SMILES string of the molecule is O=C(O[C@@H]1[C@@H](O)[C@H](O)O[C@H](CO)[C@@H]1OC(=O)c1ccccc1)c1ccccc1. The molecular weight excluding hydrogens is 368 g/mol. The highest BCUT2D eigenvalue weighted by Gasteiger charge is 2.49. The van der Waals surface area contributed by atoms with Gasteiger partial charge in [0.05, 0.1) is 17.7 Å². The molecule has 0 amide bonds. The van der Waals surface area contributed by atoms with Crippen LogP contribution in [0.25, 0.3) is 0 Å². The lowest BCUT2D eigenvalue weighted by Gasteiger charge is -2.41. The summed E-state index contributed by atoms with van der Waals surface area (Å²) in [5.41, 5.74) is 0.442. The van der Waals surface area contributed by atoms with Crippen molar-refractivity contribution in [3.63, 3.8) is 0 Å². The van der Waals surface area contributed by atoms with Crippen LogP contribution < -0.4 is 0 Å². The molecule has 0 aromatic heterocycles. The summed E-state index contributed by atoms with van der Waals surface area (Å²) in [6, 6.07) is 16.1. The molecule has 8 heteroatoms. The molecule has 0 spiro atoms. The number of hydrogen-bond donors (Lipinski definition) is 3. The summed E-state index contributed by atoms with van der Waals surface area (Å²) in [5.74, 6) is -1.53. The average molecular weight is 388 g/mol. The number of rotatable bonds is 5. The van der Waals surface area contributed by atoms with E-state index >= 15 is 0 Å². The highest BCUT2D eigenvalue weighted by atomic mass is 16.7. The minimum Gasteiger partial charge on any atom is -0.452 e. The molecule has 1 heterocycles. The molecule has 0 bridgehead atoms. The van der Waals surface area contributed by atoms with Gasteiger partial charge in [0.1, 0.15) is 12.2 Å². The average Bonchev–Trinajstić information content (AvgIpc) is 2.74. The summed E-state index contributed by atoms with van der Waals surface area (Å²) in [4.78, 5) is 24.8. The predicted octanol–water partition coefficient (Wildman–Crippen LogP) is 0.508. The van der Waals surface area contributed by atoms with Crippen molar-refractivity contribution in [3.8, 4) is 0 Å². The monoisotopic (exact) mass is 388 g/mol. The molecule has 1 fully saturated rings. The van der Waals surface area contributed by atoms with Crippen LogP contribution in [-0.4, -0.2) is 64.6 Å². The Balaban J connectivity index is 1.83. The number of benzene rings is 2. The standard InChI is InChI=1S/C20H20O8/c21-11-14-16(27-18(23)12-7-3-1-4-8-12)17(15(22)20(25)26-14)28-19(24)13-9-5-2-6-10-13/h1-10,14-17,20-22,25H,11H2/t14-,15-,16+,17-,20-/m1/s1. The Morgan fingerprint density at radius 2 is 1.29 bits per heavy atom. The quantitative estimate of drug-likeness (QED) is 0.633. The van der Waals surface area contributed by atoms with Gasteiger partial charge in [-0.1, -0.05) is 36.4 Å². The van der Waals surface area contributed by atoms with Crippen molar-refractivity contribution in [1.29, 1.82) is 0 Å². The smallest absolute Gasteiger partial charge is 0.338 e. The summed E-state index contributed by atoms with van der Waals surface area (Å²) >= 11 is 0. The molecule has 3 N–H and O–H groups in total. The molecule has 5 atom stereocenters. The topological polar surface area (TPSA) is 123 Å². The maximum Gasteiger partial charge on any atom is 0.338 e. The normalized spacial score (nSPS) is 27.0. The zero-order chi connectivity index (χ0) is 20.1. The molecule has 1 aliphatic rings. The highest BCUT2D eigenvalue weighted by molar-refractivity contribution is 5.90. The first kappa shape index (κ1) is 20.0. The van der Waals surface area contributed by atoms with E-state index < -0.39 is 49.3 Å². The molecule has 0 saturated carbocycles. The van der Waals surface area contributed by atoms with Gasteiger partial charge in [-0.05, 0) is 24.3 Å². The molecular formula is C20H20O8. The van der Waals surface area contributed by atoms with Gasteiger partial charge in [-0.2, -0.15) is 0 Å². The van der Waals surface area contributed by atoms with E-state index in [-0.39, 0.29) is 11.1 Å². The Morgan fingerprint density at radius 1 is 0.821 bits per heavy atom. The van der Waals surface area contributed by atoms with Crippen LogP contribution in [0.5, 0.6) is 0 Å². The Kier molecular flexibility index (Phi) is 6.37. The predicted molar refractivity (Wildman–Crippen MR) is 95.3 cm³/mol. The molecule has 3 rings (SSSR count). The Hall–Kier alpha value is -2.78. The third kappa shape index (κ3) is 4.37. The van der Waals surface area contributed by atoms with Crippen molar-refractivity contribution in [1.82, 2.24) is 0 Å². The van der Waals surface area contributed by atoms with Gasteiger partial charge in [0.2, 0.25) is 0 Å². The second-order valence-electron chi connectivity index (χ2n) is 6.21. The van der Waals surface area contributed by atoms with Crippen molar-refractivity contribution >= 4 is 11.9 Å². The van der Waals surface area contributed by atoms with Crippen LogP contribution in [0.2, 0.25) is 0 Å². The van der Waals surface area contributed by atoms with Crippen LogP contribution in [0.4, 0.5) is 0 Å². The zero-order valence-corrected chi connectivity index (χ0v) is 14.8. The minimum absolute atomic E-state index is 0.212. The van der Waals surface area contributed by atoms with Gasteiger partial charge in [0.15, 0.2) is 18.5 Å². The Bertz CT molecular complexity index is 741. The van der Waals surface area contributed by atoms with Crippen LogP contribution in [0, 0.1) is 0 Å². The lowest BCUT2D eigenvalue weighted by Crippen LogP contribution is -2.61. The number of carbonyl (C=O) groups excluding carboxylic acids is 2. The van der Waals surface area contributed by atoms with Gasteiger partial charge < -0.3 is 29.5 Å². The number of ether oxygens (including phenoxy) is 3. The van der Waals surface area contributed by atoms with E-state index in [2.05, 4.69) is 0 Å². The fraction of sp³-hybridized carbons (Fsp3) is 0.300. The fourth-order valence-electron chi connectivity index (χ4n) is 2.86. The van der Waals surface area contributed by atoms with Crippen LogP contribution in [0.1, 0.15) is 20.7 Å². The van der Waals surface area contributed by atoms with Crippen molar-refractivity contribution in [2.45, 2.75) is 30.7 Å². The van der Waals surface area contributed by atoms with Crippen LogP contribution >= 0.6 is 0 Å². The number of aliphatic hydroxyl groups excluding tert-OH is 3. The number of aliphatic hydroxyl groups is 3. The van der Waals surface area contributed by atoms with Gasteiger partial charge in [-0.3, -0.25) is 0 Å². The minimum atomic E-state index is -1.72. The molecule has 0 radical (unpaired) electrons. The van der Waals surface area contributed by atoms with Crippen LogP contribution in [0.15, 0.2) is 60.7 Å². The van der Waals surface area contributed by atoms with E-state index in [9.17, 15) is 24.9 Å². The van der Waals surface area contributed by atoms with Crippen molar-refractivity contribution in [2.24, 2.45) is 0 Å². The molecule has 28 heavy (non-hydrogen) atoms. The molecule has 0 aliphatic carbocycles. The van der Waals surface area contributed by atoms with Crippen molar-refractivity contribution < 1.29 is 39.1 Å². The molecule has 148 valence electrons. The lowest BCUT2D eigenvalue weighted by atomic mass is 9.98. The first-order chi connectivity index (χ1) is 13.5. The third-order valence-corrected chi connectivity index (χ3v) is 4.32. The molecule has 1 aliphatic heterocycles. The first-order valence-corrected chi connectivity index (χ1v) is 8.65. The van der Waals surface area contributed by atoms with Gasteiger partial charge in [-0.25, -0.2) is 9.59 Å². The summed E-state index contributed by atoms with van der Waals surface area (Å²) < 4.78 is 15.8. The van der Waals surface area contributed by atoms with E-state index in [4.69, 9.17) is 14.2 Å². The number of carbonyl (C=O) groups is 2. The number of esters is 2. The van der Waals surface area contributed by atoms with Gasteiger partial charge in [0.25, 0.3) is 0 Å². The van der Waals surface area contributed by atoms with Crippen LogP contribution in [0.3, 0.4) is 0 Å². The van der Waals surface area contributed by atoms with Crippen molar-refractivity contribution in [3.05, 3.63) is 71.8 Å². The van der Waals surface area contributed by atoms with Crippen molar-refractivity contribution in [2.75, 3.05) is 6.61 Å². The van der Waals surface area contributed by atoms with Gasteiger partial charge in [-0.15, -0.1) is 0 Å². The first-order valence-electron chi connectivity index (χ1n) is 8.65. The Labute approximate surface area is 160 Å². The van der Waals surface area contributed by atoms with E-state index in [1.165, 1.54) is 24.3 Å². The van der Waals surface area contributed by atoms with E-state index in [1.807, 2.05) is 0 Å². The summed E-state index contributed by atoms with van der Waals surface area (Å²) in [6.07, 6.45) is -7.37. The fourth-order valence-corrected chi connectivity index (χ4v) is 2.86. The molecule has 8 nitrogen and oxygen atoms in total. The molecule has 2 aromatic rings. The number of hydrogen-bond acceptors (Lipinski definition) is 8. The van der Waals surface area contributed by atoms with E-state index in [0.29, 0.717) is 0 Å². The maximum atomic E-state index is 12.4. The second kappa shape index (κ2) is 8.94. The highest BCUT2D eigenvalue weighted by Crippen LogP contribution is 2.26. The maximum absolute atomic E-state index is 12.4. The summed E-state index contributed by atoms with van der Waals surface area (Å²) in [6.45, 7) is -0.629. The van der Waals surface area contributed by atoms with Crippen LogP contribution in [-0.2, 0) is 14.2 Å². The molecule has 0 unspecified atom stereocenters. The van der Waals surface area contributed by atoms with E-state index in [1.54, 1.807) is 36.4 Å². The summed E-state index contributed by atoms with van der Waals surface area (Å²) in [5, 5.41) is 29.7. The third-order valence-electron chi connectivity index (χ3n) is 4.32. The Morgan fingerprint density at radius 3 is 1.75 bits per heavy atom. The van der Waals surface area contributed by atoms with E-state index in [0.717, 1.165) is 0 Å². The zero-order valence-electron chi connectivity index (χ0n) is 14.8. The van der Waals surface area contributed by atoms with Gasteiger partial charge >= 0.3 is 11.9 Å².